The van der Waals surface area contributed by atoms with Crippen LogP contribution in [0.25, 0.3) is 0 Å². The lowest BCUT2D eigenvalue weighted by Crippen LogP contribution is -2.80. The van der Waals surface area contributed by atoms with Crippen molar-refractivity contribution in [2.75, 3.05) is 14.2 Å². The number of hydrogen-bond acceptors (Lipinski definition) is 10. The summed E-state index contributed by atoms with van der Waals surface area (Å²) in [5, 5.41) is 12.0. The predicted molar refractivity (Wildman–Crippen MR) is 131 cm³/mol. The molecule has 6 rings (SSSR count). The normalized spacial score (nSPS) is 41.7. The molecule has 4 aliphatic heterocycles. The molecule has 0 unspecified atom stereocenters. The number of rotatable bonds is 3. The fourth-order valence-electron chi connectivity index (χ4n) is 8.60. The van der Waals surface area contributed by atoms with Gasteiger partial charge in [0.05, 0.1) is 19.6 Å². The van der Waals surface area contributed by atoms with Crippen molar-refractivity contribution in [1.29, 1.82) is 0 Å². The predicted octanol–water partition coefficient (Wildman–Crippen LogP) is 2.95. The maximum atomic E-state index is 12.7. The van der Waals surface area contributed by atoms with Gasteiger partial charge in [-0.25, -0.2) is 4.79 Å². The molecule has 1 spiro atoms. The third-order valence-corrected chi connectivity index (χ3v) is 10.0. The monoisotopic (exact) mass is 532 g/mol. The molecule has 5 aliphatic rings. The van der Waals surface area contributed by atoms with Crippen LogP contribution in [-0.4, -0.2) is 66.2 Å². The first-order valence-electron chi connectivity index (χ1n) is 13.1. The van der Waals surface area contributed by atoms with Crippen molar-refractivity contribution in [3.8, 4) is 11.5 Å². The van der Waals surface area contributed by atoms with Gasteiger partial charge < -0.3 is 38.3 Å². The molecule has 1 aromatic carbocycles. The van der Waals surface area contributed by atoms with E-state index in [2.05, 4.69) is 0 Å². The van der Waals surface area contributed by atoms with Crippen molar-refractivity contribution in [3.05, 3.63) is 22.3 Å². The van der Waals surface area contributed by atoms with Gasteiger partial charge in [0.25, 0.3) is 5.97 Å². The number of fused-ring (bicyclic) bond motifs is 5. The SMILES string of the molecule is COc1c2c(c(C)c3c1C(=O)OC3)O[C@]1(C)C[C@H](O)[C@@]34O[C@@](OC)(C[C@H](OC(C)=O)[C@]3(C)[C@H]1C2)OC4(C)C. The molecule has 1 aliphatic carbocycles. The van der Waals surface area contributed by atoms with Crippen LogP contribution in [0.2, 0.25) is 0 Å². The van der Waals surface area contributed by atoms with Crippen molar-refractivity contribution < 1.29 is 47.9 Å². The molecule has 208 valence electrons. The van der Waals surface area contributed by atoms with Gasteiger partial charge in [0, 0.05) is 42.9 Å². The first kappa shape index (κ1) is 25.9. The molecule has 1 N–H and O–H groups in total. The second kappa shape index (κ2) is 7.62. The van der Waals surface area contributed by atoms with Crippen LogP contribution >= 0.6 is 0 Å². The van der Waals surface area contributed by atoms with E-state index < -0.39 is 52.3 Å². The van der Waals surface area contributed by atoms with Crippen LogP contribution in [0.5, 0.6) is 11.5 Å². The van der Waals surface area contributed by atoms with E-state index in [0.29, 0.717) is 23.5 Å². The summed E-state index contributed by atoms with van der Waals surface area (Å²) in [6.45, 7) is 11.1. The largest absolute Gasteiger partial charge is 0.495 e. The van der Waals surface area contributed by atoms with Gasteiger partial charge >= 0.3 is 11.9 Å². The van der Waals surface area contributed by atoms with Gasteiger partial charge in [-0.15, -0.1) is 0 Å². The molecule has 1 aromatic rings. The number of carbonyl (C=O) groups is 2. The van der Waals surface area contributed by atoms with Gasteiger partial charge in [-0.3, -0.25) is 4.79 Å². The molecule has 0 amide bonds. The lowest BCUT2D eigenvalue weighted by atomic mass is 9.45. The number of ether oxygens (including phenoxy) is 7. The van der Waals surface area contributed by atoms with Gasteiger partial charge in [-0.05, 0) is 39.7 Å². The number of methoxy groups -OCH3 is 2. The van der Waals surface area contributed by atoms with E-state index in [1.165, 1.54) is 21.1 Å². The smallest absolute Gasteiger partial charge is 0.342 e. The number of benzene rings is 1. The van der Waals surface area contributed by atoms with Gasteiger partial charge in [0.1, 0.15) is 46.6 Å². The highest BCUT2D eigenvalue weighted by atomic mass is 16.9. The minimum Gasteiger partial charge on any atom is -0.495 e. The van der Waals surface area contributed by atoms with E-state index >= 15 is 0 Å². The molecule has 38 heavy (non-hydrogen) atoms. The van der Waals surface area contributed by atoms with Crippen LogP contribution in [0.4, 0.5) is 0 Å². The summed E-state index contributed by atoms with van der Waals surface area (Å²) in [7, 11) is 3.01. The molecule has 7 atom stereocenters. The zero-order valence-corrected chi connectivity index (χ0v) is 23.2. The number of aliphatic hydroxyl groups excluding tert-OH is 1. The summed E-state index contributed by atoms with van der Waals surface area (Å²) >= 11 is 0. The van der Waals surface area contributed by atoms with Crippen molar-refractivity contribution in [2.24, 2.45) is 11.3 Å². The Bertz CT molecular complexity index is 1260. The molecule has 3 fully saturated rings. The van der Waals surface area contributed by atoms with Crippen LogP contribution < -0.4 is 9.47 Å². The first-order valence-corrected chi connectivity index (χ1v) is 13.1. The van der Waals surface area contributed by atoms with Crippen molar-refractivity contribution >= 4 is 11.9 Å². The molecule has 0 radical (unpaired) electrons. The van der Waals surface area contributed by atoms with E-state index in [4.69, 9.17) is 33.2 Å². The zero-order chi connectivity index (χ0) is 27.6. The highest BCUT2D eigenvalue weighted by Crippen LogP contribution is 2.71. The Labute approximate surface area is 221 Å². The maximum absolute atomic E-state index is 12.7. The van der Waals surface area contributed by atoms with Gasteiger partial charge in [0.2, 0.25) is 0 Å². The van der Waals surface area contributed by atoms with E-state index in [1.807, 2.05) is 34.6 Å². The average molecular weight is 533 g/mol. The molecule has 4 heterocycles. The summed E-state index contributed by atoms with van der Waals surface area (Å²) in [4.78, 5) is 25.1. The number of hydrogen-bond donors (Lipinski definition) is 1. The maximum Gasteiger partial charge on any atom is 0.342 e. The van der Waals surface area contributed by atoms with Crippen molar-refractivity contribution in [1.82, 2.24) is 0 Å². The fourth-order valence-corrected chi connectivity index (χ4v) is 8.60. The Hall–Kier alpha value is -2.40. The minimum atomic E-state index is -1.48. The van der Waals surface area contributed by atoms with Crippen LogP contribution in [0.3, 0.4) is 0 Å². The Morgan fingerprint density at radius 1 is 1.08 bits per heavy atom. The summed E-state index contributed by atoms with van der Waals surface area (Å²) in [5.74, 6) is -1.63. The number of aliphatic hydroxyl groups is 1. The van der Waals surface area contributed by atoms with Crippen LogP contribution in [0, 0.1) is 18.3 Å². The van der Waals surface area contributed by atoms with E-state index in [0.717, 1.165) is 16.7 Å². The molecule has 2 bridgehead atoms. The summed E-state index contributed by atoms with van der Waals surface area (Å²) in [6.07, 6.45) is -0.990. The molecule has 1 saturated carbocycles. The minimum absolute atomic E-state index is 0.115. The number of carbonyl (C=O) groups excluding carboxylic acids is 2. The first-order chi connectivity index (χ1) is 17.7. The fraction of sp³-hybridized carbons (Fsp3) is 0.714. The van der Waals surface area contributed by atoms with Crippen LogP contribution in [0.15, 0.2) is 0 Å². The van der Waals surface area contributed by atoms with Gasteiger partial charge in [0.15, 0.2) is 0 Å². The molecule has 10 heteroatoms. The molecule has 2 saturated heterocycles. The second-order valence-electron chi connectivity index (χ2n) is 12.2. The summed E-state index contributed by atoms with van der Waals surface area (Å²) in [5.41, 5.74) is -1.45. The van der Waals surface area contributed by atoms with E-state index in [9.17, 15) is 14.7 Å². The van der Waals surface area contributed by atoms with E-state index in [-0.39, 0.29) is 25.4 Å². The van der Waals surface area contributed by atoms with Gasteiger partial charge in [-0.1, -0.05) is 6.92 Å². The third-order valence-electron chi connectivity index (χ3n) is 10.0. The van der Waals surface area contributed by atoms with E-state index in [1.54, 1.807) is 0 Å². The Morgan fingerprint density at radius 3 is 2.42 bits per heavy atom. The standard InChI is InChI=1S/C28H36O10/c1-13-16-12-34-23(31)20(16)22(32-7)15-9-17-25(5,36-21(13)15)10-18(30)28-24(3,4)37-27(33-8,38-28)11-19(26(17,28)6)35-14(2)29/h17-19,30H,9-12H2,1-8H3/t17-,18-,19-,25+,26-,27+,28-/m0/s1. The topological polar surface area (TPSA) is 119 Å². The highest BCUT2D eigenvalue weighted by Gasteiger charge is 2.84. The Kier molecular flexibility index (Phi) is 5.18. The molecule has 0 aromatic heterocycles. The highest BCUT2D eigenvalue weighted by molar-refractivity contribution is 5.98. The molecular formula is C28H36O10. The lowest BCUT2D eigenvalue weighted by molar-refractivity contribution is -0.410. The van der Waals surface area contributed by atoms with Crippen LogP contribution in [-0.2, 0) is 41.5 Å². The zero-order valence-electron chi connectivity index (χ0n) is 23.2. The third kappa shape index (κ3) is 2.82. The Morgan fingerprint density at radius 2 is 1.79 bits per heavy atom. The summed E-state index contributed by atoms with van der Waals surface area (Å²) in [6, 6.07) is 0. The molecular weight excluding hydrogens is 496 g/mol. The van der Waals surface area contributed by atoms with Gasteiger partial charge in [-0.2, -0.15) is 0 Å². The average Bonchev–Trinajstić information content (AvgIpc) is 3.31. The Balaban J connectivity index is 1.60. The van der Waals surface area contributed by atoms with Crippen molar-refractivity contribution in [2.45, 2.75) is 102 Å². The molecule has 10 nitrogen and oxygen atoms in total. The lowest BCUT2D eigenvalue weighted by Gasteiger charge is -2.67. The second-order valence-corrected chi connectivity index (χ2v) is 12.2. The van der Waals surface area contributed by atoms with Crippen LogP contribution in [0.1, 0.15) is 74.5 Å². The number of cyclic esters (lactones) is 1. The quantitative estimate of drug-likeness (QED) is 0.582. The number of esters is 2. The summed E-state index contributed by atoms with van der Waals surface area (Å²) < 4.78 is 42.9. The van der Waals surface area contributed by atoms with Crippen molar-refractivity contribution in [3.63, 3.8) is 0 Å².